The second kappa shape index (κ2) is 8.96. The number of hydrogen-bond donors (Lipinski definition) is 2. The standard InChI is InChI=1S/C20H21N3O6/c1-27-15-9-7-14(8-10-15)23-16(12-28-19(21)25)17(18(23)24)22-20(26)29-11-13-5-3-2-4-6-13/h2-10,16-17H,11-12H2,1H3,(H2,21,25)(H,22,26). The number of hydrogen-bond acceptors (Lipinski definition) is 6. The fourth-order valence-electron chi connectivity index (χ4n) is 2.99. The topological polar surface area (TPSA) is 120 Å². The number of β-lactam (4-membered cyclic amide) rings is 1. The number of nitrogens with zero attached hydrogens (tertiary/aromatic N) is 1. The van der Waals surface area contributed by atoms with Crippen molar-refractivity contribution in [3.05, 3.63) is 60.2 Å². The first-order valence-corrected chi connectivity index (χ1v) is 8.86. The zero-order valence-corrected chi connectivity index (χ0v) is 15.7. The van der Waals surface area contributed by atoms with Gasteiger partial charge in [-0.1, -0.05) is 30.3 Å². The van der Waals surface area contributed by atoms with E-state index in [-0.39, 0.29) is 19.1 Å². The Morgan fingerprint density at radius 3 is 2.38 bits per heavy atom. The second-order valence-corrected chi connectivity index (χ2v) is 6.29. The maximum atomic E-state index is 12.6. The highest BCUT2D eigenvalue weighted by molar-refractivity contribution is 6.07. The molecule has 2 aromatic carbocycles. The summed E-state index contributed by atoms with van der Waals surface area (Å²) in [5.41, 5.74) is 6.43. The van der Waals surface area contributed by atoms with E-state index in [4.69, 9.17) is 19.9 Å². The summed E-state index contributed by atoms with van der Waals surface area (Å²) in [6.07, 6.45) is -1.71. The van der Waals surface area contributed by atoms with E-state index in [1.54, 1.807) is 24.3 Å². The molecule has 152 valence electrons. The van der Waals surface area contributed by atoms with E-state index in [0.29, 0.717) is 11.4 Å². The smallest absolute Gasteiger partial charge is 0.408 e. The Bertz CT molecular complexity index is 872. The van der Waals surface area contributed by atoms with Gasteiger partial charge in [0, 0.05) is 5.69 Å². The van der Waals surface area contributed by atoms with E-state index in [0.717, 1.165) is 5.56 Å². The number of benzene rings is 2. The van der Waals surface area contributed by atoms with Crippen LogP contribution in [0.2, 0.25) is 0 Å². The molecule has 29 heavy (non-hydrogen) atoms. The van der Waals surface area contributed by atoms with Crippen LogP contribution in [0.4, 0.5) is 15.3 Å². The molecule has 3 rings (SSSR count). The highest BCUT2D eigenvalue weighted by Crippen LogP contribution is 2.30. The molecular formula is C20H21N3O6. The molecule has 0 spiro atoms. The molecule has 1 aliphatic heterocycles. The first kappa shape index (κ1) is 20.0. The Hall–Kier alpha value is -3.75. The van der Waals surface area contributed by atoms with Gasteiger partial charge in [0.1, 0.15) is 31.0 Å². The van der Waals surface area contributed by atoms with Gasteiger partial charge in [-0.05, 0) is 29.8 Å². The molecule has 2 atom stereocenters. The van der Waals surface area contributed by atoms with Crippen LogP contribution >= 0.6 is 0 Å². The molecule has 0 aliphatic carbocycles. The maximum absolute atomic E-state index is 12.6. The molecule has 0 radical (unpaired) electrons. The molecule has 9 nitrogen and oxygen atoms in total. The Kier molecular flexibility index (Phi) is 6.18. The van der Waals surface area contributed by atoms with E-state index < -0.39 is 24.3 Å². The molecular weight excluding hydrogens is 378 g/mol. The van der Waals surface area contributed by atoms with E-state index in [1.165, 1.54) is 12.0 Å². The lowest BCUT2D eigenvalue weighted by Crippen LogP contribution is -2.72. The van der Waals surface area contributed by atoms with E-state index in [1.807, 2.05) is 30.3 Å². The van der Waals surface area contributed by atoms with Crippen LogP contribution in [0.15, 0.2) is 54.6 Å². The van der Waals surface area contributed by atoms with Crippen molar-refractivity contribution >= 4 is 23.8 Å². The van der Waals surface area contributed by atoms with Gasteiger partial charge in [-0.15, -0.1) is 0 Å². The molecule has 1 fully saturated rings. The fraction of sp³-hybridized carbons (Fsp3) is 0.250. The molecule has 2 aromatic rings. The molecule has 3 amide bonds. The predicted octanol–water partition coefficient (Wildman–Crippen LogP) is 1.80. The number of alkyl carbamates (subject to hydrolysis) is 1. The molecule has 1 aliphatic rings. The fourth-order valence-corrected chi connectivity index (χ4v) is 2.99. The van der Waals surface area contributed by atoms with E-state index >= 15 is 0 Å². The molecule has 3 N–H and O–H groups in total. The number of carbonyl (C=O) groups is 3. The molecule has 2 unspecified atom stereocenters. The van der Waals surface area contributed by atoms with Crippen LogP contribution in [0.3, 0.4) is 0 Å². The Labute approximate surface area is 167 Å². The van der Waals surface area contributed by atoms with Crippen molar-refractivity contribution in [3.63, 3.8) is 0 Å². The van der Waals surface area contributed by atoms with Gasteiger partial charge in [-0.2, -0.15) is 0 Å². The molecule has 0 aromatic heterocycles. The highest BCUT2D eigenvalue weighted by Gasteiger charge is 2.50. The van der Waals surface area contributed by atoms with Gasteiger partial charge in [0.25, 0.3) is 5.91 Å². The number of carbonyl (C=O) groups excluding carboxylic acids is 3. The summed E-state index contributed by atoms with van der Waals surface area (Å²) >= 11 is 0. The van der Waals surface area contributed by atoms with Crippen LogP contribution in [0.5, 0.6) is 5.75 Å². The Morgan fingerprint density at radius 2 is 1.76 bits per heavy atom. The summed E-state index contributed by atoms with van der Waals surface area (Å²) in [7, 11) is 1.54. The minimum atomic E-state index is -0.968. The SMILES string of the molecule is COc1ccc(N2C(=O)C(NC(=O)OCc3ccccc3)C2COC(N)=O)cc1. The Balaban J connectivity index is 1.65. The van der Waals surface area contributed by atoms with Crippen LogP contribution in [0.25, 0.3) is 0 Å². The van der Waals surface area contributed by atoms with Crippen molar-refractivity contribution in [1.82, 2.24) is 5.32 Å². The lowest BCUT2D eigenvalue weighted by atomic mass is 9.94. The number of amides is 3. The van der Waals surface area contributed by atoms with Crippen LogP contribution in [-0.2, 0) is 20.9 Å². The lowest BCUT2D eigenvalue weighted by Gasteiger charge is -2.46. The summed E-state index contributed by atoms with van der Waals surface area (Å²) in [5, 5.41) is 2.52. The summed E-state index contributed by atoms with van der Waals surface area (Å²) in [6, 6.07) is 14.4. The zero-order valence-electron chi connectivity index (χ0n) is 15.7. The average molecular weight is 399 g/mol. The quantitative estimate of drug-likeness (QED) is 0.685. The van der Waals surface area contributed by atoms with Crippen molar-refractivity contribution in [2.75, 3.05) is 18.6 Å². The first-order chi connectivity index (χ1) is 14.0. The van der Waals surface area contributed by atoms with Crippen molar-refractivity contribution in [2.45, 2.75) is 18.7 Å². The van der Waals surface area contributed by atoms with Gasteiger partial charge in [-0.25, -0.2) is 9.59 Å². The highest BCUT2D eigenvalue weighted by atomic mass is 16.6. The average Bonchev–Trinajstić information content (AvgIpc) is 2.74. The van der Waals surface area contributed by atoms with Crippen molar-refractivity contribution < 1.29 is 28.6 Å². The third kappa shape index (κ3) is 4.75. The van der Waals surface area contributed by atoms with Crippen molar-refractivity contribution in [2.24, 2.45) is 5.73 Å². The molecule has 0 saturated carbocycles. The van der Waals surface area contributed by atoms with Gasteiger partial charge in [0.2, 0.25) is 0 Å². The maximum Gasteiger partial charge on any atom is 0.408 e. The predicted molar refractivity (Wildman–Crippen MR) is 103 cm³/mol. The van der Waals surface area contributed by atoms with Crippen LogP contribution in [0.1, 0.15) is 5.56 Å². The van der Waals surface area contributed by atoms with Gasteiger partial charge >= 0.3 is 12.2 Å². The molecule has 9 heteroatoms. The number of nitrogens with two attached hydrogens (primary N) is 1. The summed E-state index contributed by atoms with van der Waals surface area (Å²) in [6.45, 7) is -0.102. The monoisotopic (exact) mass is 399 g/mol. The number of ether oxygens (including phenoxy) is 3. The molecule has 1 saturated heterocycles. The van der Waals surface area contributed by atoms with E-state index in [2.05, 4.69) is 5.32 Å². The largest absolute Gasteiger partial charge is 0.497 e. The van der Waals surface area contributed by atoms with Gasteiger partial charge in [-0.3, -0.25) is 4.79 Å². The molecule has 1 heterocycles. The van der Waals surface area contributed by atoms with Gasteiger partial charge in [0.15, 0.2) is 0 Å². The van der Waals surface area contributed by atoms with Crippen LogP contribution < -0.4 is 20.7 Å². The number of methoxy groups -OCH3 is 1. The summed E-state index contributed by atoms with van der Waals surface area (Å²) in [4.78, 5) is 37.2. The number of rotatable bonds is 7. The first-order valence-electron chi connectivity index (χ1n) is 8.86. The van der Waals surface area contributed by atoms with E-state index in [9.17, 15) is 14.4 Å². The second-order valence-electron chi connectivity index (χ2n) is 6.29. The number of nitrogens with one attached hydrogen (secondary N) is 1. The zero-order chi connectivity index (χ0) is 20.8. The van der Waals surface area contributed by atoms with Crippen LogP contribution in [-0.4, -0.2) is 43.9 Å². The third-order valence-electron chi connectivity index (χ3n) is 4.45. The molecule has 0 bridgehead atoms. The van der Waals surface area contributed by atoms with Gasteiger partial charge in [0.05, 0.1) is 7.11 Å². The number of anilines is 1. The lowest BCUT2D eigenvalue weighted by molar-refractivity contribution is -0.128. The Morgan fingerprint density at radius 1 is 1.07 bits per heavy atom. The normalized spacial score (nSPS) is 17.8. The summed E-state index contributed by atoms with van der Waals surface area (Å²) < 4.78 is 15.1. The van der Waals surface area contributed by atoms with Crippen molar-refractivity contribution in [1.29, 1.82) is 0 Å². The van der Waals surface area contributed by atoms with Crippen molar-refractivity contribution in [3.8, 4) is 5.75 Å². The number of primary amides is 1. The van der Waals surface area contributed by atoms with Gasteiger partial charge < -0.3 is 30.2 Å². The minimum absolute atomic E-state index is 0.0677. The minimum Gasteiger partial charge on any atom is -0.497 e. The summed E-state index contributed by atoms with van der Waals surface area (Å²) in [5.74, 6) is 0.274. The third-order valence-corrected chi connectivity index (χ3v) is 4.45. The van der Waals surface area contributed by atoms with Crippen LogP contribution in [0, 0.1) is 0 Å².